The van der Waals surface area contributed by atoms with Crippen LogP contribution in [0, 0.1) is 5.92 Å². The third-order valence-electron chi connectivity index (χ3n) is 5.55. The van der Waals surface area contributed by atoms with Gasteiger partial charge in [0.05, 0.1) is 13.2 Å². The Kier molecular flexibility index (Phi) is 6.05. The van der Waals surface area contributed by atoms with Crippen LogP contribution in [0.2, 0.25) is 0 Å². The van der Waals surface area contributed by atoms with Crippen LogP contribution in [0.4, 0.5) is 4.79 Å². The van der Waals surface area contributed by atoms with E-state index in [0.717, 1.165) is 19.5 Å². The second-order valence-electron chi connectivity index (χ2n) is 9.38. The van der Waals surface area contributed by atoms with E-state index in [-0.39, 0.29) is 23.2 Å². The minimum atomic E-state index is -0.510. The van der Waals surface area contributed by atoms with Crippen molar-refractivity contribution in [1.29, 1.82) is 0 Å². The number of fused-ring (bicyclic) bond motifs is 1. The molecule has 0 spiro atoms. The Morgan fingerprint density at radius 1 is 1.19 bits per heavy atom. The zero-order valence-electron chi connectivity index (χ0n) is 18.4. The Bertz CT molecular complexity index is 969. The lowest BCUT2D eigenvalue weighted by Crippen LogP contribution is -2.35. The Morgan fingerprint density at radius 3 is 2.55 bits per heavy atom. The maximum Gasteiger partial charge on any atom is 0.410 e. The Labute approximate surface area is 182 Å². The second kappa shape index (κ2) is 8.75. The fourth-order valence-electron chi connectivity index (χ4n) is 4.03. The van der Waals surface area contributed by atoms with Crippen molar-refractivity contribution in [3.8, 4) is 5.75 Å². The highest BCUT2D eigenvalue weighted by Crippen LogP contribution is 2.24. The quantitative estimate of drug-likeness (QED) is 0.724. The molecule has 7 heteroatoms. The van der Waals surface area contributed by atoms with Crippen LogP contribution < -0.4 is 10.2 Å². The fraction of sp³-hybridized carbons (Fsp3) is 0.500. The number of hydrogen-bond acceptors (Lipinski definition) is 6. The number of rotatable bonds is 5. The lowest BCUT2D eigenvalue weighted by molar-refractivity contribution is 0.0284. The molecular weight excluding hydrogens is 396 g/mol. The van der Waals surface area contributed by atoms with Crippen molar-refractivity contribution in [2.24, 2.45) is 5.92 Å². The van der Waals surface area contributed by atoms with Crippen LogP contribution in [-0.2, 0) is 24.4 Å². The predicted octanol–water partition coefficient (Wildman–Crippen LogP) is 3.79. The highest BCUT2D eigenvalue weighted by Gasteiger charge is 2.30. The molecule has 7 nitrogen and oxygen atoms in total. The van der Waals surface area contributed by atoms with Crippen molar-refractivity contribution < 1.29 is 18.7 Å². The summed E-state index contributed by atoms with van der Waals surface area (Å²) >= 11 is 0. The molecule has 0 bridgehead atoms. The first-order chi connectivity index (χ1) is 14.8. The summed E-state index contributed by atoms with van der Waals surface area (Å²) in [7, 11) is 0. The zero-order valence-corrected chi connectivity index (χ0v) is 18.4. The fourth-order valence-corrected chi connectivity index (χ4v) is 4.03. The lowest BCUT2D eigenvalue weighted by atomic mass is 10.1. The van der Waals surface area contributed by atoms with Crippen LogP contribution in [0.15, 0.2) is 45.8 Å². The number of benzene rings is 1. The summed E-state index contributed by atoms with van der Waals surface area (Å²) in [5.41, 5.74) is 1.95. The van der Waals surface area contributed by atoms with Gasteiger partial charge in [0.25, 0.3) is 0 Å². The second-order valence-corrected chi connectivity index (χ2v) is 9.38. The molecule has 1 fully saturated rings. The van der Waals surface area contributed by atoms with E-state index in [1.807, 2.05) is 32.9 Å². The van der Waals surface area contributed by atoms with Gasteiger partial charge in [0.15, 0.2) is 0 Å². The molecule has 2 aromatic rings. The van der Waals surface area contributed by atoms with E-state index in [0.29, 0.717) is 32.0 Å². The molecule has 2 aliphatic rings. The van der Waals surface area contributed by atoms with Crippen molar-refractivity contribution in [2.75, 3.05) is 19.7 Å². The summed E-state index contributed by atoms with van der Waals surface area (Å²) in [6, 6.07) is 9.88. The molecule has 2 aliphatic heterocycles. The average Bonchev–Trinajstić information content (AvgIpc) is 3.32. The zero-order chi connectivity index (χ0) is 22.0. The van der Waals surface area contributed by atoms with E-state index >= 15 is 0 Å². The molecular formula is C24H30N2O5. The minimum absolute atomic E-state index is 0.162. The van der Waals surface area contributed by atoms with E-state index in [1.54, 1.807) is 4.90 Å². The number of ether oxygens (including phenoxy) is 2. The molecule has 1 aromatic heterocycles. The van der Waals surface area contributed by atoms with E-state index in [2.05, 4.69) is 17.0 Å². The molecule has 1 saturated heterocycles. The van der Waals surface area contributed by atoms with Gasteiger partial charge >= 0.3 is 6.09 Å². The minimum Gasteiger partial charge on any atom is -0.486 e. The molecule has 0 N–H and O–H groups in total. The highest BCUT2D eigenvalue weighted by molar-refractivity contribution is 5.68. The molecule has 3 heterocycles. The highest BCUT2D eigenvalue weighted by atomic mass is 16.6. The molecule has 0 unspecified atom stereocenters. The SMILES string of the molecule is CC(C)(C)OC(=O)N1CC[C@@H](COc2coc(CN3Cc4ccccc4C3)cc2=O)C1. The molecule has 0 aliphatic carbocycles. The van der Waals surface area contributed by atoms with Crippen molar-refractivity contribution in [2.45, 2.75) is 52.4 Å². The normalized spacial score (nSPS) is 18.8. The smallest absolute Gasteiger partial charge is 0.410 e. The first kappa shape index (κ1) is 21.4. The van der Waals surface area contributed by atoms with Crippen molar-refractivity contribution in [1.82, 2.24) is 9.80 Å². The Hall–Kier alpha value is -2.80. The monoisotopic (exact) mass is 426 g/mol. The van der Waals surface area contributed by atoms with Crippen LogP contribution in [0.5, 0.6) is 5.75 Å². The van der Waals surface area contributed by atoms with Gasteiger partial charge < -0.3 is 18.8 Å². The third-order valence-corrected chi connectivity index (χ3v) is 5.55. The summed E-state index contributed by atoms with van der Waals surface area (Å²) in [6.45, 7) is 9.42. The van der Waals surface area contributed by atoms with Gasteiger partial charge in [-0.1, -0.05) is 24.3 Å². The van der Waals surface area contributed by atoms with Gasteiger partial charge in [-0.3, -0.25) is 9.69 Å². The lowest BCUT2D eigenvalue weighted by Gasteiger charge is -2.24. The summed E-state index contributed by atoms with van der Waals surface area (Å²) in [5.74, 6) is 1.00. The van der Waals surface area contributed by atoms with Gasteiger partial charge in [-0.15, -0.1) is 0 Å². The summed E-state index contributed by atoms with van der Waals surface area (Å²) in [5, 5.41) is 0. The summed E-state index contributed by atoms with van der Waals surface area (Å²) < 4.78 is 16.8. The molecule has 166 valence electrons. The van der Waals surface area contributed by atoms with Crippen molar-refractivity contribution in [3.05, 3.63) is 63.7 Å². The van der Waals surface area contributed by atoms with E-state index in [4.69, 9.17) is 13.9 Å². The summed E-state index contributed by atoms with van der Waals surface area (Å²) in [4.78, 5) is 28.6. The van der Waals surface area contributed by atoms with E-state index in [1.165, 1.54) is 23.5 Å². The number of likely N-dealkylation sites (tertiary alicyclic amines) is 1. The Balaban J connectivity index is 1.27. The maximum absolute atomic E-state index is 12.5. The van der Waals surface area contributed by atoms with E-state index in [9.17, 15) is 9.59 Å². The molecule has 1 atom stereocenters. The number of carbonyl (C=O) groups is 1. The topological polar surface area (TPSA) is 72.2 Å². The number of hydrogen-bond donors (Lipinski definition) is 0. The van der Waals surface area contributed by atoms with Gasteiger partial charge in [0.1, 0.15) is 17.6 Å². The first-order valence-electron chi connectivity index (χ1n) is 10.8. The van der Waals surface area contributed by atoms with Gasteiger partial charge in [-0.2, -0.15) is 0 Å². The van der Waals surface area contributed by atoms with E-state index < -0.39 is 5.60 Å². The molecule has 4 rings (SSSR count). The van der Waals surface area contributed by atoms with Crippen LogP contribution in [0.25, 0.3) is 0 Å². The van der Waals surface area contributed by atoms with Gasteiger partial charge in [-0.05, 0) is 38.3 Å². The molecule has 1 amide bonds. The predicted molar refractivity (Wildman–Crippen MR) is 116 cm³/mol. The number of carbonyl (C=O) groups excluding carboxylic acids is 1. The molecule has 1 aromatic carbocycles. The van der Waals surface area contributed by atoms with Crippen LogP contribution in [0.3, 0.4) is 0 Å². The van der Waals surface area contributed by atoms with Crippen LogP contribution in [-0.4, -0.2) is 41.2 Å². The summed E-state index contributed by atoms with van der Waals surface area (Å²) in [6.07, 6.45) is 1.92. The Morgan fingerprint density at radius 2 is 1.90 bits per heavy atom. The largest absolute Gasteiger partial charge is 0.486 e. The molecule has 0 saturated carbocycles. The van der Waals surface area contributed by atoms with Crippen molar-refractivity contribution in [3.63, 3.8) is 0 Å². The van der Waals surface area contributed by atoms with Gasteiger partial charge in [0, 0.05) is 38.2 Å². The van der Waals surface area contributed by atoms with Gasteiger partial charge in [-0.25, -0.2) is 4.79 Å². The maximum atomic E-state index is 12.5. The number of amides is 1. The molecule has 0 radical (unpaired) electrons. The third kappa shape index (κ3) is 5.47. The first-order valence-corrected chi connectivity index (χ1v) is 10.8. The van der Waals surface area contributed by atoms with Crippen molar-refractivity contribution >= 4 is 6.09 Å². The number of nitrogens with zero attached hydrogens (tertiary/aromatic N) is 2. The van der Waals surface area contributed by atoms with Gasteiger partial charge in [0.2, 0.25) is 11.2 Å². The van der Waals surface area contributed by atoms with Crippen LogP contribution in [0.1, 0.15) is 44.1 Å². The molecule has 31 heavy (non-hydrogen) atoms. The average molecular weight is 427 g/mol. The standard InChI is InChI=1S/C24H30N2O5/c1-24(2,3)31-23(28)26-9-8-17(11-26)15-30-22-16-29-20(10-21(22)27)14-25-12-18-6-4-5-7-19(18)13-25/h4-7,10,16-17H,8-9,11-15H2,1-3H3/t17-/m1/s1. The van der Waals surface area contributed by atoms with Crippen LogP contribution >= 0.6 is 0 Å².